The number of nitrogens with one attached hydrogen (secondary N) is 3. The monoisotopic (exact) mass is 465 g/mol. The molecule has 1 aromatic heterocycles. The van der Waals surface area contributed by atoms with Crippen molar-refractivity contribution in [2.24, 2.45) is 4.99 Å². The summed E-state index contributed by atoms with van der Waals surface area (Å²) in [6.07, 6.45) is 1.91. The van der Waals surface area contributed by atoms with Crippen molar-refractivity contribution in [3.8, 4) is 5.75 Å². The van der Waals surface area contributed by atoms with Gasteiger partial charge in [0, 0.05) is 32.0 Å². The lowest BCUT2D eigenvalue weighted by molar-refractivity contribution is 0.0503. The van der Waals surface area contributed by atoms with Gasteiger partial charge in [0.15, 0.2) is 6.23 Å². The van der Waals surface area contributed by atoms with E-state index in [4.69, 9.17) is 25.8 Å². The highest BCUT2D eigenvalue weighted by molar-refractivity contribution is 6.32. The SMILES string of the molecule is CC.CN1CCOCC1.COc1cc(C=O)ccc1NC1=NC(OC)c2c(Cl)c[nH]c2N1. The molecule has 3 N–H and O–H groups in total. The van der Waals surface area contributed by atoms with Crippen molar-refractivity contribution in [2.75, 3.05) is 58.2 Å². The number of halogens is 1. The number of methoxy groups -OCH3 is 2. The van der Waals surface area contributed by atoms with Crippen LogP contribution in [0.5, 0.6) is 5.75 Å². The van der Waals surface area contributed by atoms with Crippen LogP contribution in [0.1, 0.15) is 36.0 Å². The number of guanidine groups is 1. The second-order valence-electron chi connectivity index (χ2n) is 6.73. The number of nitrogens with zero attached hydrogens (tertiary/aromatic N) is 2. The Bertz CT molecular complexity index is 896. The van der Waals surface area contributed by atoms with Crippen LogP contribution >= 0.6 is 11.6 Å². The number of likely N-dealkylation sites (N-methyl/N-ethyl adjacent to an activating group) is 1. The number of aromatic nitrogens is 1. The number of rotatable bonds is 4. The number of benzene rings is 1. The van der Waals surface area contributed by atoms with Gasteiger partial charge in [0.05, 0.1) is 36.6 Å². The summed E-state index contributed by atoms with van der Waals surface area (Å²) in [4.78, 5) is 20.6. The van der Waals surface area contributed by atoms with Gasteiger partial charge < -0.3 is 34.7 Å². The van der Waals surface area contributed by atoms with E-state index in [1.165, 1.54) is 7.11 Å². The molecular formula is C22H32ClN5O4. The predicted octanol–water partition coefficient (Wildman–Crippen LogP) is 4.00. The lowest BCUT2D eigenvalue weighted by Gasteiger charge is -2.23. The molecule has 10 heteroatoms. The summed E-state index contributed by atoms with van der Waals surface area (Å²) in [5.41, 5.74) is 1.95. The third kappa shape index (κ3) is 6.70. The standard InChI is InChI=1S/C15H15ClN4O3.C5H11NO.C2H6/c1-22-11-5-8(7-21)3-4-10(11)18-15-19-13-12(9(16)6-17-13)14(20-15)23-2;1-6-2-4-7-5-3-6;1-2/h3-7,14,17H,1-2H3,(H2,18,19,20);2-5H2,1H3;1-2H3. The van der Waals surface area contributed by atoms with Crippen molar-refractivity contribution in [1.82, 2.24) is 9.88 Å². The number of hydrogen-bond acceptors (Lipinski definition) is 8. The zero-order valence-corrected chi connectivity index (χ0v) is 20.0. The summed E-state index contributed by atoms with van der Waals surface area (Å²) in [6.45, 7) is 8.02. The van der Waals surface area contributed by atoms with Gasteiger partial charge in [0.2, 0.25) is 5.96 Å². The molecule has 1 saturated heterocycles. The van der Waals surface area contributed by atoms with Gasteiger partial charge in [-0.05, 0) is 25.2 Å². The summed E-state index contributed by atoms with van der Waals surface area (Å²) in [5, 5.41) is 6.78. The molecule has 32 heavy (non-hydrogen) atoms. The number of aromatic amines is 1. The maximum absolute atomic E-state index is 10.9. The largest absolute Gasteiger partial charge is 0.495 e. The zero-order valence-electron chi connectivity index (χ0n) is 19.2. The maximum atomic E-state index is 10.9. The number of fused-ring (bicyclic) bond motifs is 1. The van der Waals surface area contributed by atoms with Gasteiger partial charge in [-0.3, -0.25) is 4.79 Å². The lowest BCUT2D eigenvalue weighted by atomic mass is 10.2. The van der Waals surface area contributed by atoms with Crippen molar-refractivity contribution < 1.29 is 19.0 Å². The average molecular weight is 466 g/mol. The minimum absolute atomic E-state index is 0.472. The minimum atomic E-state index is -0.521. The second kappa shape index (κ2) is 13.1. The Morgan fingerprint density at radius 3 is 2.56 bits per heavy atom. The number of carbonyl (C=O) groups excluding carboxylic acids is 1. The van der Waals surface area contributed by atoms with Crippen LogP contribution in [-0.4, -0.2) is 69.7 Å². The first kappa shape index (κ1) is 25.7. The number of H-pyrrole nitrogens is 1. The maximum Gasteiger partial charge on any atom is 0.204 e. The Kier molecular flexibility index (Phi) is 10.5. The van der Waals surface area contributed by atoms with E-state index in [1.54, 1.807) is 31.5 Å². The fourth-order valence-corrected chi connectivity index (χ4v) is 3.23. The number of morpholine rings is 1. The van der Waals surface area contributed by atoms with Crippen LogP contribution in [-0.2, 0) is 9.47 Å². The second-order valence-corrected chi connectivity index (χ2v) is 7.14. The first-order valence-electron chi connectivity index (χ1n) is 10.5. The highest BCUT2D eigenvalue weighted by Gasteiger charge is 2.26. The van der Waals surface area contributed by atoms with E-state index >= 15 is 0 Å². The molecular weight excluding hydrogens is 434 g/mol. The quantitative estimate of drug-likeness (QED) is 0.586. The van der Waals surface area contributed by atoms with Crippen molar-refractivity contribution in [2.45, 2.75) is 20.1 Å². The smallest absolute Gasteiger partial charge is 0.204 e. The summed E-state index contributed by atoms with van der Waals surface area (Å²) < 4.78 is 15.8. The molecule has 0 bridgehead atoms. The molecule has 9 nitrogen and oxygen atoms in total. The normalized spacial score (nSPS) is 17.3. The van der Waals surface area contributed by atoms with Gasteiger partial charge in [-0.25, -0.2) is 4.99 Å². The van der Waals surface area contributed by atoms with Crippen LogP contribution in [0, 0.1) is 0 Å². The lowest BCUT2D eigenvalue weighted by Crippen LogP contribution is -2.32. The molecule has 2 aliphatic heterocycles. The van der Waals surface area contributed by atoms with E-state index < -0.39 is 6.23 Å². The van der Waals surface area contributed by atoms with Gasteiger partial charge in [-0.15, -0.1) is 0 Å². The zero-order chi connectivity index (χ0) is 23.5. The number of ether oxygens (including phenoxy) is 3. The number of anilines is 2. The predicted molar refractivity (Wildman–Crippen MR) is 128 cm³/mol. The van der Waals surface area contributed by atoms with Crippen molar-refractivity contribution in [1.29, 1.82) is 0 Å². The van der Waals surface area contributed by atoms with E-state index in [9.17, 15) is 4.79 Å². The fourth-order valence-electron chi connectivity index (χ4n) is 2.99. The summed E-state index contributed by atoms with van der Waals surface area (Å²) >= 11 is 6.13. The summed E-state index contributed by atoms with van der Waals surface area (Å²) in [7, 11) is 5.21. The average Bonchev–Trinajstić information content (AvgIpc) is 3.21. The van der Waals surface area contributed by atoms with Gasteiger partial charge >= 0.3 is 0 Å². The van der Waals surface area contributed by atoms with Gasteiger partial charge in [-0.2, -0.15) is 0 Å². The summed E-state index contributed by atoms with van der Waals surface area (Å²) in [5.74, 6) is 1.71. The van der Waals surface area contributed by atoms with E-state index in [0.29, 0.717) is 33.8 Å². The van der Waals surface area contributed by atoms with Crippen LogP contribution in [0.2, 0.25) is 5.02 Å². The molecule has 1 unspecified atom stereocenters. The molecule has 0 saturated carbocycles. The fraction of sp³-hybridized carbons (Fsp3) is 0.455. The minimum Gasteiger partial charge on any atom is -0.495 e. The topological polar surface area (TPSA) is 100 Å². The Morgan fingerprint density at radius 2 is 2.00 bits per heavy atom. The van der Waals surface area contributed by atoms with Crippen LogP contribution in [0.15, 0.2) is 29.4 Å². The number of carbonyl (C=O) groups is 1. The highest BCUT2D eigenvalue weighted by Crippen LogP contribution is 2.36. The van der Waals surface area contributed by atoms with Crippen molar-refractivity contribution in [3.63, 3.8) is 0 Å². The van der Waals surface area contributed by atoms with Gasteiger partial charge in [0.25, 0.3) is 0 Å². The third-order valence-corrected chi connectivity index (χ3v) is 4.99. The molecule has 0 spiro atoms. The van der Waals surface area contributed by atoms with Gasteiger partial charge in [0.1, 0.15) is 17.9 Å². The van der Waals surface area contributed by atoms with Crippen LogP contribution < -0.4 is 15.4 Å². The molecule has 2 aromatic rings. The molecule has 1 atom stereocenters. The number of aldehydes is 1. The first-order valence-corrected chi connectivity index (χ1v) is 10.8. The Hall–Kier alpha value is -2.59. The van der Waals surface area contributed by atoms with Crippen molar-refractivity contribution in [3.05, 3.63) is 40.5 Å². The van der Waals surface area contributed by atoms with E-state index in [1.807, 2.05) is 13.8 Å². The number of hydrogen-bond donors (Lipinski definition) is 3. The Balaban J connectivity index is 0.000000340. The van der Waals surface area contributed by atoms with Crippen LogP contribution in [0.3, 0.4) is 0 Å². The first-order chi connectivity index (χ1) is 15.5. The molecule has 0 amide bonds. The van der Waals surface area contributed by atoms with Crippen LogP contribution in [0.4, 0.5) is 11.5 Å². The third-order valence-electron chi connectivity index (χ3n) is 4.68. The molecule has 1 fully saturated rings. The molecule has 1 aromatic carbocycles. The van der Waals surface area contributed by atoms with Gasteiger partial charge in [-0.1, -0.05) is 25.4 Å². The Morgan fingerprint density at radius 1 is 1.28 bits per heavy atom. The molecule has 176 valence electrons. The molecule has 4 rings (SSSR count). The highest BCUT2D eigenvalue weighted by atomic mass is 35.5. The molecule has 2 aliphatic rings. The van der Waals surface area contributed by atoms with Crippen LogP contribution in [0.25, 0.3) is 0 Å². The van der Waals surface area contributed by atoms with E-state index in [-0.39, 0.29) is 0 Å². The Labute approximate surface area is 194 Å². The summed E-state index contributed by atoms with van der Waals surface area (Å²) in [6, 6.07) is 5.07. The molecule has 3 heterocycles. The molecule has 0 aliphatic carbocycles. The molecule has 0 radical (unpaired) electrons. The number of aliphatic imine (C=N–C) groups is 1. The van der Waals surface area contributed by atoms with E-state index in [2.05, 4.69) is 32.6 Å². The van der Waals surface area contributed by atoms with Crippen molar-refractivity contribution >= 4 is 35.4 Å². The van der Waals surface area contributed by atoms with E-state index in [0.717, 1.165) is 38.2 Å².